The standard InChI is InChI=1S/C25H24FN3O/c26-18-9-10-25-22(13-18)21-6-2-4-8-24(21)29(25)16-19(30)15-27-12-11-17-14-28-23-7-3-1-5-20(17)23/h1-10,13-14,19,27-28,30H,11-12,15-16H2. The van der Waals surface area contributed by atoms with Crippen molar-refractivity contribution in [1.82, 2.24) is 14.9 Å². The Hall–Kier alpha value is -3.15. The average Bonchev–Trinajstić information content (AvgIpc) is 3.31. The van der Waals surface area contributed by atoms with Crippen LogP contribution in [0.4, 0.5) is 4.39 Å². The van der Waals surface area contributed by atoms with Crippen molar-refractivity contribution in [1.29, 1.82) is 0 Å². The van der Waals surface area contributed by atoms with Crippen LogP contribution < -0.4 is 5.32 Å². The number of hydrogen-bond acceptors (Lipinski definition) is 2. The lowest BCUT2D eigenvalue weighted by Gasteiger charge is -2.15. The lowest BCUT2D eigenvalue weighted by Crippen LogP contribution is -2.31. The lowest BCUT2D eigenvalue weighted by atomic mass is 10.1. The maximum atomic E-state index is 13.8. The van der Waals surface area contributed by atoms with Gasteiger partial charge in [-0.25, -0.2) is 4.39 Å². The first-order valence-electron chi connectivity index (χ1n) is 10.3. The molecule has 0 aliphatic heterocycles. The smallest absolute Gasteiger partial charge is 0.123 e. The molecular weight excluding hydrogens is 377 g/mol. The molecule has 5 aromatic rings. The Morgan fingerprint density at radius 2 is 1.70 bits per heavy atom. The summed E-state index contributed by atoms with van der Waals surface area (Å²) in [7, 11) is 0. The van der Waals surface area contributed by atoms with Crippen LogP contribution in [0.25, 0.3) is 32.7 Å². The first kappa shape index (κ1) is 18.9. The fraction of sp³-hybridized carbons (Fsp3) is 0.200. The van der Waals surface area contributed by atoms with Crippen molar-refractivity contribution < 1.29 is 9.50 Å². The summed E-state index contributed by atoms with van der Waals surface area (Å²) >= 11 is 0. The lowest BCUT2D eigenvalue weighted by molar-refractivity contribution is 0.154. The van der Waals surface area contributed by atoms with Gasteiger partial charge >= 0.3 is 0 Å². The number of halogens is 1. The molecule has 4 nitrogen and oxygen atoms in total. The second-order valence-electron chi connectivity index (χ2n) is 7.76. The summed E-state index contributed by atoms with van der Waals surface area (Å²) in [5.41, 5.74) is 4.37. The van der Waals surface area contributed by atoms with Crippen LogP contribution in [0.5, 0.6) is 0 Å². The van der Waals surface area contributed by atoms with E-state index in [1.165, 1.54) is 17.0 Å². The summed E-state index contributed by atoms with van der Waals surface area (Å²) in [5, 5.41) is 17.2. The number of hydrogen-bond donors (Lipinski definition) is 3. The van der Waals surface area contributed by atoms with Gasteiger partial charge in [0.2, 0.25) is 0 Å². The summed E-state index contributed by atoms with van der Waals surface area (Å²) in [4.78, 5) is 3.30. The Morgan fingerprint density at radius 3 is 2.60 bits per heavy atom. The van der Waals surface area contributed by atoms with Gasteiger partial charge in [0, 0.05) is 45.5 Å². The fourth-order valence-electron chi connectivity index (χ4n) is 4.33. The van der Waals surface area contributed by atoms with Crippen molar-refractivity contribution in [3.8, 4) is 0 Å². The summed E-state index contributed by atoms with van der Waals surface area (Å²) in [5.74, 6) is -0.245. The molecule has 5 rings (SSSR count). The van der Waals surface area contributed by atoms with Crippen molar-refractivity contribution in [2.75, 3.05) is 13.1 Å². The van der Waals surface area contributed by atoms with Crippen LogP contribution in [0.15, 0.2) is 72.9 Å². The van der Waals surface area contributed by atoms with Gasteiger partial charge < -0.3 is 20.0 Å². The van der Waals surface area contributed by atoms with Gasteiger partial charge in [0.15, 0.2) is 0 Å². The maximum Gasteiger partial charge on any atom is 0.123 e. The zero-order chi connectivity index (χ0) is 20.5. The Labute approximate surface area is 173 Å². The molecule has 0 aliphatic rings. The molecule has 30 heavy (non-hydrogen) atoms. The van der Waals surface area contributed by atoms with E-state index in [1.807, 2.05) is 30.3 Å². The second kappa shape index (κ2) is 7.94. The number of fused-ring (bicyclic) bond motifs is 4. The van der Waals surface area contributed by atoms with Gasteiger partial charge in [-0.1, -0.05) is 36.4 Å². The van der Waals surface area contributed by atoms with Gasteiger partial charge in [-0.3, -0.25) is 0 Å². The molecule has 3 N–H and O–H groups in total. The quantitative estimate of drug-likeness (QED) is 0.349. The predicted molar refractivity (Wildman–Crippen MR) is 120 cm³/mol. The van der Waals surface area contributed by atoms with E-state index >= 15 is 0 Å². The minimum atomic E-state index is -0.544. The third kappa shape index (κ3) is 3.47. The molecule has 2 heterocycles. The van der Waals surface area contributed by atoms with Gasteiger partial charge in [-0.05, 0) is 48.9 Å². The van der Waals surface area contributed by atoms with Crippen molar-refractivity contribution in [3.05, 3.63) is 84.3 Å². The Bertz CT molecular complexity index is 1320. The highest BCUT2D eigenvalue weighted by Gasteiger charge is 2.14. The molecule has 0 radical (unpaired) electrons. The van der Waals surface area contributed by atoms with E-state index in [0.717, 1.165) is 40.3 Å². The molecule has 0 fully saturated rings. The average molecular weight is 401 g/mol. The monoisotopic (exact) mass is 401 g/mol. The fourth-order valence-corrected chi connectivity index (χ4v) is 4.33. The van der Waals surface area contributed by atoms with Crippen molar-refractivity contribution in [2.45, 2.75) is 19.1 Å². The molecule has 1 unspecified atom stereocenters. The Balaban J connectivity index is 1.26. The Kier molecular flexibility index (Phi) is 4.99. The maximum absolute atomic E-state index is 13.8. The highest BCUT2D eigenvalue weighted by molar-refractivity contribution is 6.08. The summed E-state index contributed by atoms with van der Waals surface area (Å²) in [6.45, 7) is 1.74. The van der Waals surface area contributed by atoms with Crippen molar-refractivity contribution >= 4 is 32.7 Å². The summed E-state index contributed by atoms with van der Waals surface area (Å²) in [6.07, 6.45) is 2.41. The molecular formula is C25H24FN3O. The highest BCUT2D eigenvalue weighted by atomic mass is 19.1. The molecule has 0 aliphatic carbocycles. The zero-order valence-electron chi connectivity index (χ0n) is 16.6. The first-order valence-corrected chi connectivity index (χ1v) is 10.3. The molecule has 1 atom stereocenters. The van der Waals surface area contributed by atoms with Crippen LogP contribution in [0.3, 0.4) is 0 Å². The molecule has 0 spiro atoms. The minimum Gasteiger partial charge on any atom is -0.390 e. The number of aromatic amines is 1. The van der Waals surface area contributed by atoms with Crippen LogP contribution in [-0.2, 0) is 13.0 Å². The van der Waals surface area contributed by atoms with E-state index in [2.05, 4.69) is 39.3 Å². The molecule has 0 saturated carbocycles. The number of H-pyrrole nitrogens is 1. The third-order valence-electron chi connectivity index (χ3n) is 5.75. The van der Waals surface area contributed by atoms with Crippen LogP contribution in [0.1, 0.15) is 5.56 Å². The van der Waals surface area contributed by atoms with E-state index in [1.54, 1.807) is 12.1 Å². The molecule has 2 aromatic heterocycles. The Morgan fingerprint density at radius 1 is 0.933 bits per heavy atom. The van der Waals surface area contributed by atoms with Gasteiger partial charge in [-0.2, -0.15) is 0 Å². The third-order valence-corrected chi connectivity index (χ3v) is 5.75. The molecule has 0 amide bonds. The van der Waals surface area contributed by atoms with Crippen LogP contribution in [0, 0.1) is 5.82 Å². The molecule has 0 bridgehead atoms. The second-order valence-corrected chi connectivity index (χ2v) is 7.76. The van der Waals surface area contributed by atoms with E-state index < -0.39 is 6.10 Å². The van der Waals surface area contributed by atoms with Crippen molar-refractivity contribution in [3.63, 3.8) is 0 Å². The topological polar surface area (TPSA) is 53.0 Å². The minimum absolute atomic E-state index is 0.245. The molecule has 3 aromatic carbocycles. The predicted octanol–water partition coefficient (Wildman–Crippen LogP) is 4.61. The number of aliphatic hydroxyl groups is 1. The number of rotatable bonds is 7. The van der Waals surface area contributed by atoms with E-state index in [-0.39, 0.29) is 5.82 Å². The first-order chi connectivity index (χ1) is 14.7. The van der Waals surface area contributed by atoms with E-state index in [9.17, 15) is 9.50 Å². The largest absolute Gasteiger partial charge is 0.390 e. The number of aliphatic hydroxyl groups excluding tert-OH is 1. The number of nitrogens with one attached hydrogen (secondary N) is 2. The van der Waals surface area contributed by atoms with Gasteiger partial charge in [0.25, 0.3) is 0 Å². The zero-order valence-corrected chi connectivity index (χ0v) is 16.6. The van der Waals surface area contributed by atoms with Crippen LogP contribution >= 0.6 is 0 Å². The van der Waals surface area contributed by atoms with E-state index in [4.69, 9.17) is 0 Å². The number of para-hydroxylation sites is 2. The normalized spacial score (nSPS) is 12.9. The van der Waals surface area contributed by atoms with Crippen molar-refractivity contribution in [2.24, 2.45) is 0 Å². The molecule has 0 saturated heterocycles. The van der Waals surface area contributed by atoms with Crippen LogP contribution in [0.2, 0.25) is 0 Å². The summed E-state index contributed by atoms with van der Waals surface area (Å²) < 4.78 is 15.9. The van der Waals surface area contributed by atoms with Gasteiger partial charge in [0.1, 0.15) is 5.82 Å². The number of benzene rings is 3. The van der Waals surface area contributed by atoms with Crippen LogP contribution in [-0.4, -0.2) is 33.9 Å². The molecule has 152 valence electrons. The SMILES string of the molecule is OC(CNCCc1c[nH]c2ccccc12)Cn1c2ccccc2c2cc(F)ccc21. The van der Waals surface area contributed by atoms with Gasteiger partial charge in [0.05, 0.1) is 12.6 Å². The summed E-state index contributed by atoms with van der Waals surface area (Å²) in [6, 6.07) is 21.1. The molecule has 5 heteroatoms. The number of nitrogens with zero attached hydrogens (tertiary/aromatic N) is 1. The number of aromatic nitrogens is 2. The highest BCUT2D eigenvalue weighted by Crippen LogP contribution is 2.29. The van der Waals surface area contributed by atoms with E-state index in [0.29, 0.717) is 13.1 Å². The van der Waals surface area contributed by atoms with Gasteiger partial charge in [-0.15, -0.1) is 0 Å².